The van der Waals surface area contributed by atoms with Crippen LogP contribution in [0.2, 0.25) is 0 Å². The molecule has 0 saturated heterocycles. The number of aliphatic hydroxyl groups is 1. The lowest BCUT2D eigenvalue weighted by Crippen LogP contribution is -2.27. The summed E-state index contributed by atoms with van der Waals surface area (Å²) in [6, 6.07) is 2.22. The van der Waals surface area contributed by atoms with Crippen molar-refractivity contribution < 1.29 is 18.3 Å². The van der Waals surface area contributed by atoms with Crippen molar-refractivity contribution in [2.75, 3.05) is 11.9 Å². The molecule has 1 saturated carbocycles. The first-order valence-electron chi connectivity index (χ1n) is 4.88. The highest BCUT2D eigenvalue weighted by Gasteiger charge is 2.44. The predicted molar refractivity (Wildman–Crippen MR) is 51.9 cm³/mol. The van der Waals surface area contributed by atoms with Gasteiger partial charge in [-0.15, -0.1) is 0 Å². The van der Waals surface area contributed by atoms with Crippen LogP contribution >= 0.6 is 0 Å². The number of pyridine rings is 1. The van der Waals surface area contributed by atoms with Crippen molar-refractivity contribution in [1.29, 1.82) is 0 Å². The molecule has 0 atom stereocenters. The molecule has 3 nitrogen and oxygen atoms in total. The Morgan fingerprint density at radius 2 is 2.12 bits per heavy atom. The third-order valence-corrected chi connectivity index (χ3v) is 2.65. The van der Waals surface area contributed by atoms with Crippen LogP contribution in [-0.2, 0) is 6.18 Å². The SMILES string of the molecule is OCC1(Nc2ncccc2C(F)(F)F)CC1. The molecule has 0 aliphatic heterocycles. The van der Waals surface area contributed by atoms with Gasteiger partial charge in [-0.05, 0) is 25.0 Å². The minimum atomic E-state index is -4.43. The second-order valence-electron chi connectivity index (χ2n) is 3.96. The maximum Gasteiger partial charge on any atom is 0.419 e. The van der Waals surface area contributed by atoms with Crippen molar-refractivity contribution in [3.63, 3.8) is 0 Å². The summed E-state index contributed by atoms with van der Waals surface area (Å²) in [5.74, 6) is -0.207. The molecule has 0 spiro atoms. The largest absolute Gasteiger partial charge is 0.419 e. The third-order valence-electron chi connectivity index (χ3n) is 2.65. The van der Waals surface area contributed by atoms with Crippen LogP contribution < -0.4 is 5.32 Å². The molecule has 0 radical (unpaired) electrons. The quantitative estimate of drug-likeness (QED) is 0.838. The molecule has 0 bridgehead atoms. The maximum atomic E-state index is 12.6. The topological polar surface area (TPSA) is 45.1 Å². The second kappa shape index (κ2) is 3.62. The fraction of sp³-hybridized carbons (Fsp3) is 0.500. The van der Waals surface area contributed by atoms with Crippen molar-refractivity contribution >= 4 is 5.82 Å². The minimum absolute atomic E-state index is 0.180. The van der Waals surface area contributed by atoms with E-state index in [1.807, 2.05) is 0 Å². The number of rotatable bonds is 3. The van der Waals surface area contributed by atoms with Gasteiger partial charge in [-0.1, -0.05) is 0 Å². The fourth-order valence-electron chi connectivity index (χ4n) is 1.46. The summed E-state index contributed by atoms with van der Waals surface area (Å²) in [4.78, 5) is 3.68. The Morgan fingerprint density at radius 3 is 2.62 bits per heavy atom. The molecule has 16 heavy (non-hydrogen) atoms. The van der Waals surface area contributed by atoms with Gasteiger partial charge in [0.25, 0.3) is 0 Å². The third kappa shape index (κ3) is 2.11. The first kappa shape index (κ1) is 11.2. The Balaban J connectivity index is 2.27. The monoisotopic (exact) mass is 232 g/mol. The summed E-state index contributed by atoms with van der Waals surface area (Å²) < 4.78 is 37.8. The van der Waals surface area contributed by atoms with Crippen molar-refractivity contribution in [3.8, 4) is 0 Å². The van der Waals surface area contributed by atoms with Crippen LogP contribution in [0.15, 0.2) is 18.3 Å². The lowest BCUT2D eigenvalue weighted by atomic mass is 10.2. The Bertz CT molecular complexity index is 388. The van der Waals surface area contributed by atoms with E-state index in [4.69, 9.17) is 5.11 Å². The summed E-state index contributed by atoms with van der Waals surface area (Å²) in [5.41, 5.74) is -1.40. The molecule has 1 aromatic heterocycles. The molecule has 1 aliphatic carbocycles. The molecule has 1 heterocycles. The van der Waals surface area contributed by atoms with Crippen LogP contribution in [-0.4, -0.2) is 22.2 Å². The Hall–Kier alpha value is -1.30. The molecule has 1 aliphatic rings. The highest BCUT2D eigenvalue weighted by molar-refractivity contribution is 5.49. The number of aliphatic hydroxyl groups excluding tert-OH is 1. The van der Waals surface area contributed by atoms with Gasteiger partial charge in [-0.25, -0.2) is 4.98 Å². The molecule has 0 aromatic carbocycles. The van der Waals surface area contributed by atoms with E-state index in [1.54, 1.807) is 0 Å². The lowest BCUT2D eigenvalue weighted by Gasteiger charge is -2.18. The molecule has 2 rings (SSSR count). The van der Waals surface area contributed by atoms with Crippen molar-refractivity contribution in [3.05, 3.63) is 23.9 Å². The molecule has 1 aromatic rings. The zero-order valence-electron chi connectivity index (χ0n) is 8.38. The predicted octanol–water partition coefficient (Wildman–Crippen LogP) is 2.04. The Kier molecular flexibility index (Phi) is 2.53. The van der Waals surface area contributed by atoms with E-state index in [2.05, 4.69) is 10.3 Å². The van der Waals surface area contributed by atoms with Gasteiger partial charge in [0.15, 0.2) is 0 Å². The van der Waals surface area contributed by atoms with E-state index in [0.717, 1.165) is 6.07 Å². The highest BCUT2D eigenvalue weighted by atomic mass is 19.4. The second-order valence-corrected chi connectivity index (χ2v) is 3.96. The molecule has 1 fully saturated rings. The molecule has 6 heteroatoms. The summed E-state index contributed by atoms with van der Waals surface area (Å²) in [7, 11) is 0. The van der Waals surface area contributed by atoms with Gasteiger partial charge in [0.05, 0.1) is 17.7 Å². The van der Waals surface area contributed by atoms with Crippen molar-refractivity contribution in [1.82, 2.24) is 4.98 Å². The summed E-state index contributed by atoms with van der Waals surface area (Å²) in [5, 5.41) is 11.7. The average Bonchev–Trinajstić information content (AvgIpc) is 2.98. The average molecular weight is 232 g/mol. The van der Waals surface area contributed by atoms with Gasteiger partial charge in [-0.3, -0.25) is 0 Å². The van der Waals surface area contributed by atoms with E-state index >= 15 is 0 Å². The van der Waals surface area contributed by atoms with E-state index in [0.29, 0.717) is 12.8 Å². The number of halogens is 3. The summed E-state index contributed by atoms with van der Waals surface area (Å²) >= 11 is 0. The number of alkyl halides is 3. The molecule has 88 valence electrons. The standard InChI is InChI=1S/C10H11F3N2O/c11-10(12,13)7-2-1-5-14-8(7)15-9(6-16)3-4-9/h1-2,5,16H,3-4,6H2,(H,14,15). The van der Waals surface area contributed by atoms with Crippen molar-refractivity contribution in [2.24, 2.45) is 0 Å². The summed E-state index contributed by atoms with van der Waals surface area (Å²) in [6.07, 6.45) is -1.80. The number of nitrogens with one attached hydrogen (secondary N) is 1. The van der Waals surface area contributed by atoms with E-state index in [-0.39, 0.29) is 12.4 Å². The zero-order chi connectivity index (χ0) is 11.8. The first-order valence-corrected chi connectivity index (χ1v) is 4.88. The Labute approximate surface area is 90.3 Å². The molecule has 0 unspecified atom stereocenters. The summed E-state index contributed by atoms with van der Waals surface area (Å²) in [6.45, 7) is -0.180. The lowest BCUT2D eigenvalue weighted by molar-refractivity contribution is -0.137. The van der Waals surface area contributed by atoms with Gasteiger partial charge in [-0.2, -0.15) is 13.2 Å². The van der Waals surface area contributed by atoms with Gasteiger partial charge in [0.1, 0.15) is 5.82 Å². The zero-order valence-corrected chi connectivity index (χ0v) is 8.38. The number of aromatic nitrogens is 1. The fourth-order valence-corrected chi connectivity index (χ4v) is 1.46. The normalized spacial score (nSPS) is 18.2. The molecular weight excluding hydrogens is 221 g/mol. The smallest absolute Gasteiger partial charge is 0.394 e. The van der Waals surface area contributed by atoms with Gasteiger partial charge >= 0.3 is 6.18 Å². The number of anilines is 1. The Morgan fingerprint density at radius 1 is 1.44 bits per heavy atom. The van der Waals surface area contributed by atoms with Crippen molar-refractivity contribution in [2.45, 2.75) is 24.6 Å². The first-order chi connectivity index (χ1) is 7.47. The van der Waals surface area contributed by atoms with Gasteiger partial charge < -0.3 is 10.4 Å². The van der Waals surface area contributed by atoms with E-state index in [1.165, 1.54) is 12.3 Å². The van der Waals surface area contributed by atoms with Crippen LogP contribution in [0.5, 0.6) is 0 Å². The van der Waals surface area contributed by atoms with Gasteiger partial charge in [0, 0.05) is 6.20 Å². The number of hydrogen-bond donors (Lipinski definition) is 2. The van der Waals surface area contributed by atoms with Crippen LogP contribution in [0, 0.1) is 0 Å². The number of hydrogen-bond acceptors (Lipinski definition) is 3. The van der Waals surface area contributed by atoms with Crippen LogP contribution in [0.1, 0.15) is 18.4 Å². The van der Waals surface area contributed by atoms with Crippen LogP contribution in [0.4, 0.5) is 19.0 Å². The minimum Gasteiger partial charge on any atom is -0.394 e. The maximum absolute atomic E-state index is 12.6. The number of nitrogens with zero attached hydrogens (tertiary/aromatic N) is 1. The van der Waals surface area contributed by atoms with Crippen LogP contribution in [0.25, 0.3) is 0 Å². The highest BCUT2D eigenvalue weighted by Crippen LogP contribution is 2.41. The molecule has 0 amide bonds. The van der Waals surface area contributed by atoms with E-state index in [9.17, 15) is 13.2 Å². The van der Waals surface area contributed by atoms with Gasteiger partial charge in [0.2, 0.25) is 0 Å². The van der Waals surface area contributed by atoms with E-state index < -0.39 is 17.3 Å². The molecule has 2 N–H and O–H groups in total. The molecular formula is C10H11F3N2O. The van der Waals surface area contributed by atoms with Crippen LogP contribution in [0.3, 0.4) is 0 Å².